The number of carbonyl (C=O) groups is 1. The number of hydrogen-bond acceptors (Lipinski definition) is 6. The van der Waals surface area contributed by atoms with Crippen LogP contribution in [0.5, 0.6) is 11.5 Å². The third-order valence-corrected chi connectivity index (χ3v) is 4.52. The highest BCUT2D eigenvalue weighted by Crippen LogP contribution is 2.32. The van der Waals surface area contributed by atoms with Crippen LogP contribution in [-0.2, 0) is 13.0 Å². The molecule has 0 bridgehead atoms. The van der Waals surface area contributed by atoms with E-state index in [1.54, 1.807) is 6.07 Å². The van der Waals surface area contributed by atoms with Crippen LogP contribution in [0.1, 0.15) is 27.3 Å². The molecule has 1 amide bonds. The number of hydrogen-bond donors (Lipinski definition) is 2. The van der Waals surface area contributed by atoms with Crippen LogP contribution in [0, 0.1) is 6.92 Å². The number of nitrogens with zero attached hydrogens (tertiary/aromatic N) is 2. The van der Waals surface area contributed by atoms with Crippen LogP contribution in [0.15, 0.2) is 54.6 Å². The number of benzene rings is 2. The van der Waals surface area contributed by atoms with E-state index >= 15 is 0 Å². The van der Waals surface area contributed by atoms with E-state index in [-0.39, 0.29) is 12.7 Å². The summed E-state index contributed by atoms with van der Waals surface area (Å²) in [6.45, 7) is 3.14. The Hall–Kier alpha value is -3.61. The Morgan fingerprint density at radius 3 is 2.69 bits per heavy atom. The molecule has 1 aliphatic heterocycles. The molecular weight excluding hydrogens is 368 g/mol. The fourth-order valence-corrected chi connectivity index (χ4v) is 3.05. The molecule has 0 radical (unpaired) electrons. The quantitative estimate of drug-likeness (QED) is 0.645. The fourth-order valence-electron chi connectivity index (χ4n) is 3.05. The van der Waals surface area contributed by atoms with Crippen LogP contribution >= 0.6 is 0 Å². The van der Waals surface area contributed by atoms with E-state index in [9.17, 15) is 4.79 Å². The number of fused-ring (bicyclic) bond motifs is 1. The molecule has 0 unspecified atom stereocenters. The van der Waals surface area contributed by atoms with Gasteiger partial charge in [-0.2, -0.15) is 0 Å². The maximum absolute atomic E-state index is 12.5. The second-order valence-corrected chi connectivity index (χ2v) is 6.75. The number of ether oxygens (including phenoxy) is 2. The van der Waals surface area contributed by atoms with Gasteiger partial charge in [0.05, 0.1) is 0 Å². The number of aryl methyl sites for hydroxylation is 1. The highest BCUT2D eigenvalue weighted by molar-refractivity contribution is 5.92. The molecule has 0 spiro atoms. The Balaban J connectivity index is 1.36. The van der Waals surface area contributed by atoms with Gasteiger partial charge in [0.2, 0.25) is 12.7 Å². The number of carbonyl (C=O) groups excluding carboxylic acids is 1. The number of aromatic nitrogens is 2. The zero-order valence-corrected chi connectivity index (χ0v) is 16.1. The minimum atomic E-state index is -0.211. The van der Waals surface area contributed by atoms with Gasteiger partial charge in [-0.1, -0.05) is 36.4 Å². The summed E-state index contributed by atoms with van der Waals surface area (Å²) in [7, 11) is 0. The molecule has 148 valence electrons. The second-order valence-electron chi connectivity index (χ2n) is 6.75. The van der Waals surface area contributed by atoms with Crippen LogP contribution in [0.2, 0.25) is 0 Å². The lowest BCUT2D eigenvalue weighted by molar-refractivity contribution is 0.0949. The molecule has 7 nitrogen and oxygen atoms in total. The summed E-state index contributed by atoms with van der Waals surface area (Å²) in [4.78, 5) is 21.2. The van der Waals surface area contributed by atoms with Gasteiger partial charge >= 0.3 is 0 Å². The molecule has 0 aliphatic carbocycles. The van der Waals surface area contributed by atoms with Crippen molar-refractivity contribution in [3.8, 4) is 11.5 Å². The van der Waals surface area contributed by atoms with Gasteiger partial charge in [0.25, 0.3) is 5.91 Å². The first-order chi connectivity index (χ1) is 14.2. The molecule has 3 aromatic rings. The molecule has 7 heteroatoms. The average molecular weight is 390 g/mol. The summed E-state index contributed by atoms with van der Waals surface area (Å²) in [5.74, 6) is 1.68. The van der Waals surface area contributed by atoms with E-state index in [4.69, 9.17) is 9.47 Å². The molecular formula is C22H22N4O3. The van der Waals surface area contributed by atoms with E-state index in [1.165, 1.54) is 5.56 Å². The van der Waals surface area contributed by atoms with Crippen LogP contribution in [0.25, 0.3) is 0 Å². The van der Waals surface area contributed by atoms with Crippen LogP contribution in [0.4, 0.5) is 5.95 Å². The normalized spacial score (nSPS) is 11.9. The van der Waals surface area contributed by atoms with Gasteiger partial charge in [-0.15, -0.1) is 0 Å². The highest BCUT2D eigenvalue weighted by atomic mass is 16.7. The van der Waals surface area contributed by atoms with Gasteiger partial charge in [-0.25, -0.2) is 9.97 Å². The Labute approximate surface area is 169 Å². The van der Waals surface area contributed by atoms with E-state index in [1.807, 2.05) is 55.5 Å². The van der Waals surface area contributed by atoms with E-state index in [2.05, 4.69) is 20.6 Å². The minimum Gasteiger partial charge on any atom is -0.454 e. The predicted octanol–water partition coefficient (Wildman–Crippen LogP) is 3.10. The van der Waals surface area contributed by atoms with Crippen molar-refractivity contribution < 1.29 is 14.3 Å². The lowest BCUT2D eigenvalue weighted by Gasteiger charge is -2.09. The molecule has 0 fully saturated rings. The lowest BCUT2D eigenvalue weighted by Crippen LogP contribution is -2.27. The molecule has 2 aromatic carbocycles. The van der Waals surface area contributed by atoms with Gasteiger partial charge in [0, 0.05) is 18.8 Å². The smallest absolute Gasteiger partial charge is 0.270 e. The first-order valence-corrected chi connectivity index (χ1v) is 9.47. The Kier molecular flexibility index (Phi) is 5.56. The molecule has 2 N–H and O–H groups in total. The van der Waals surface area contributed by atoms with Crippen LogP contribution < -0.4 is 20.1 Å². The minimum absolute atomic E-state index is 0.211. The summed E-state index contributed by atoms with van der Waals surface area (Å²) in [6.07, 6.45) is 0.770. The Bertz CT molecular complexity index is 1010. The monoisotopic (exact) mass is 390 g/mol. The van der Waals surface area contributed by atoms with Gasteiger partial charge in [-0.05, 0) is 42.7 Å². The second kappa shape index (κ2) is 8.60. The lowest BCUT2D eigenvalue weighted by atomic mass is 10.1. The number of rotatable bonds is 7. The number of amides is 1. The third kappa shape index (κ3) is 4.82. The molecule has 1 aromatic heterocycles. The number of nitrogens with one attached hydrogen (secondary N) is 2. The summed E-state index contributed by atoms with van der Waals surface area (Å²) < 4.78 is 10.7. The van der Waals surface area contributed by atoms with Crippen molar-refractivity contribution in [3.05, 3.63) is 77.1 Å². The molecule has 0 saturated carbocycles. The van der Waals surface area contributed by atoms with Crippen LogP contribution in [0.3, 0.4) is 0 Å². The van der Waals surface area contributed by atoms with Crippen molar-refractivity contribution >= 4 is 11.9 Å². The number of anilines is 1. The Morgan fingerprint density at radius 2 is 1.83 bits per heavy atom. The first kappa shape index (κ1) is 18.7. The predicted molar refractivity (Wildman–Crippen MR) is 109 cm³/mol. The third-order valence-electron chi connectivity index (χ3n) is 4.52. The van der Waals surface area contributed by atoms with Crippen molar-refractivity contribution in [2.75, 3.05) is 18.7 Å². The Morgan fingerprint density at radius 1 is 1.00 bits per heavy atom. The zero-order valence-electron chi connectivity index (χ0n) is 16.1. The van der Waals surface area contributed by atoms with Gasteiger partial charge in [0.1, 0.15) is 5.69 Å². The molecule has 29 heavy (non-hydrogen) atoms. The van der Waals surface area contributed by atoms with Gasteiger partial charge in [0.15, 0.2) is 11.5 Å². The standard InChI is InChI=1S/C22H22N4O3/c1-15-11-18(21(27)23-10-9-16-5-3-2-4-6-16)26-22(25-15)24-13-17-7-8-19-20(12-17)29-14-28-19/h2-8,11-12H,9-10,13-14H2,1H3,(H,23,27)(H,24,25,26). The van der Waals surface area contributed by atoms with Crippen molar-refractivity contribution in [2.45, 2.75) is 19.9 Å². The highest BCUT2D eigenvalue weighted by Gasteiger charge is 2.14. The van der Waals surface area contributed by atoms with E-state index in [0.29, 0.717) is 24.7 Å². The summed E-state index contributed by atoms with van der Waals surface area (Å²) in [6, 6.07) is 17.5. The van der Waals surface area contributed by atoms with E-state index in [0.717, 1.165) is 29.2 Å². The largest absolute Gasteiger partial charge is 0.454 e. The van der Waals surface area contributed by atoms with Crippen molar-refractivity contribution in [2.24, 2.45) is 0 Å². The van der Waals surface area contributed by atoms with Gasteiger partial charge in [-0.3, -0.25) is 4.79 Å². The average Bonchev–Trinajstić information content (AvgIpc) is 3.20. The molecule has 0 atom stereocenters. The molecule has 0 saturated heterocycles. The van der Waals surface area contributed by atoms with Crippen LogP contribution in [-0.4, -0.2) is 29.2 Å². The molecule has 4 rings (SSSR count). The van der Waals surface area contributed by atoms with Gasteiger partial charge < -0.3 is 20.1 Å². The molecule has 1 aliphatic rings. The van der Waals surface area contributed by atoms with Crippen molar-refractivity contribution in [1.82, 2.24) is 15.3 Å². The van der Waals surface area contributed by atoms with Crippen molar-refractivity contribution in [1.29, 1.82) is 0 Å². The zero-order chi connectivity index (χ0) is 20.1. The molecule has 2 heterocycles. The SMILES string of the molecule is Cc1cc(C(=O)NCCc2ccccc2)nc(NCc2ccc3c(c2)OCO3)n1. The topological polar surface area (TPSA) is 85.4 Å². The maximum Gasteiger partial charge on any atom is 0.270 e. The summed E-state index contributed by atoms with van der Waals surface area (Å²) >= 11 is 0. The van der Waals surface area contributed by atoms with Crippen molar-refractivity contribution in [3.63, 3.8) is 0 Å². The van der Waals surface area contributed by atoms with E-state index < -0.39 is 0 Å². The summed E-state index contributed by atoms with van der Waals surface area (Å²) in [5.41, 5.74) is 3.26. The maximum atomic E-state index is 12.5. The first-order valence-electron chi connectivity index (χ1n) is 9.47. The summed E-state index contributed by atoms with van der Waals surface area (Å²) in [5, 5.41) is 6.09. The fraction of sp³-hybridized carbons (Fsp3) is 0.227.